The summed E-state index contributed by atoms with van der Waals surface area (Å²) in [6.07, 6.45) is 12.1. The van der Waals surface area contributed by atoms with Gasteiger partial charge in [0.2, 0.25) is 0 Å². The molecule has 1 aromatic rings. The molecule has 2 saturated carbocycles. The van der Waals surface area contributed by atoms with E-state index in [1.54, 1.807) is 0 Å². The van der Waals surface area contributed by atoms with Gasteiger partial charge in [0.25, 0.3) is 0 Å². The first-order valence-corrected chi connectivity index (χ1v) is 16.8. The normalized spacial score (nSPS) is 38.6. The summed E-state index contributed by atoms with van der Waals surface area (Å²) in [5.41, 5.74) is 4.71. The molecule has 0 aromatic heterocycles. The van der Waals surface area contributed by atoms with Crippen LogP contribution in [0.1, 0.15) is 94.4 Å². The number of fused-ring (bicyclic) bond motifs is 6. The van der Waals surface area contributed by atoms with Gasteiger partial charge < -0.3 is 4.74 Å². The first-order chi connectivity index (χ1) is 18.8. The fourth-order valence-electron chi connectivity index (χ4n) is 8.20. The number of hydrogen-bond acceptors (Lipinski definition) is 7. The number of hydrogen-bond donors (Lipinski definition) is 3. The highest BCUT2D eigenvalue weighted by Crippen LogP contribution is 2.38. The smallest absolute Gasteiger partial charge is 0.123 e. The largest absolute Gasteiger partial charge is 0.357 e. The first-order valence-electron chi connectivity index (χ1n) is 15.9. The molecule has 39 heavy (non-hydrogen) atoms. The SMILES string of the molecule is Cc1cccc(C)c1C1CC2NC(NSC3CCCC(C3)CN3CCN(C4CCC(C)(C)CC4)C[C@@H](C3)O2)N1. The van der Waals surface area contributed by atoms with E-state index in [0.29, 0.717) is 10.7 Å². The quantitative estimate of drug-likeness (QED) is 0.427. The molecule has 0 radical (unpaired) electrons. The van der Waals surface area contributed by atoms with Gasteiger partial charge in [-0.1, -0.05) is 50.4 Å². The molecule has 5 fully saturated rings. The fourth-order valence-corrected chi connectivity index (χ4v) is 9.31. The maximum atomic E-state index is 7.11. The van der Waals surface area contributed by atoms with E-state index in [-0.39, 0.29) is 24.7 Å². The van der Waals surface area contributed by atoms with E-state index in [9.17, 15) is 0 Å². The van der Waals surface area contributed by atoms with Crippen LogP contribution in [0.3, 0.4) is 0 Å². The van der Waals surface area contributed by atoms with Gasteiger partial charge >= 0.3 is 0 Å². The maximum Gasteiger partial charge on any atom is 0.123 e. The molecule has 3 saturated heterocycles. The number of ether oxygens (including phenoxy) is 1. The van der Waals surface area contributed by atoms with Crippen molar-refractivity contribution in [2.24, 2.45) is 11.3 Å². The summed E-state index contributed by atoms with van der Waals surface area (Å²) in [6.45, 7) is 15.2. The molecule has 6 unspecified atom stereocenters. The second-order valence-corrected chi connectivity index (χ2v) is 15.3. The van der Waals surface area contributed by atoms with Crippen molar-refractivity contribution in [3.05, 3.63) is 34.9 Å². The lowest BCUT2D eigenvalue weighted by molar-refractivity contribution is -0.0794. The van der Waals surface area contributed by atoms with E-state index in [2.05, 4.69) is 71.0 Å². The Bertz CT molecular complexity index is 944. The molecular formula is C32H53N5OS. The Morgan fingerprint density at radius 2 is 1.72 bits per heavy atom. The maximum absolute atomic E-state index is 7.11. The van der Waals surface area contributed by atoms with Gasteiger partial charge in [0, 0.05) is 56.5 Å². The van der Waals surface area contributed by atoms with E-state index >= 15 is 0 Å². The van der Waals surface area contributed by atoms with Crippen molar-refractivity contribution in [3.8, 4) is 0 Å². The van der Waals surface area contributed by atoms with Crippen LogP contribution in [0.2, 0.25) is 0 Å². The number of nitrogens with zero attached hydrogens (tertiary/aromatic N) is 2. The highest BCUT2D eigenvalue weighted by molar-refractivity contribution is 7.98. The summed E-state index contributed by atoms with van der Waals surface area (Å²) in [7, 11) is 0. The van der Waals surface area contributed by atoms with Gasteiger partial charge in [0.15, 0.2) is 0 Å². The van der Waals surface area contributed by atoms with Crippen molar-refractivity contribution in [2.45, 2.75) is 121 Å². The molecule has 3 heterocycles. The summed E-state index contributed by atoms with van der Waals surface area (Å²) in [6, 6.07) is 7.70. The molecule has 7 atom stereocenters. The topological polar surface area (TPSA) is 51.8 Å². The highest BCUT2D eigenvalue weighted by Gasteiger charge is 2.38. The van der Waals surface area contributed by atoms with E-state index in [1.165, 1.54) is 87.7 Å². The van der Waals surface area contributed by atoms with Gasteiger partial charge in [-0.2, -0.15) is 0 Å². The summed E-state index contributed by atoms with van der Waals surface area (Å²) in [4.78, 5) is 5.60. The summed E-state index contributed by atoms with van der Waals surface area (Å²) >= 11 is 1.96. The van der Waals surface area contributed by atoms with Gasteiger partial charge in [-0.05, 0) is 86.8 Å². The van der Waals surface area contributed by atoms with Crippen molar-refractivity contribution in [1.82, 2.24) is 25.2 Å². The zero-order valence-electron chi connectivity index (χ0n) is 24.9. The van der Waals surface area contributed by atoms with Crippen LogP contribution in [0, 0.1) is 25.2 Å². The van der Waals surface area contributed by atoms with E-state index in [1.807, 2.05) is 11.9 Å². The van der Waals surface area contributed by atoms with Crippen LogP contribution in [-0.2, 0) is 4.74 Å². The minimum Gasteiger partial charge on any atom is -0.357 e. The lowest BCUT2D eigenvalue weighted by atomic mass is 9.75. The second-order valence-electron chi connectivity index (χ2n) is 14.1. The molecule has 0 amide bonds. The average molecular weight is 556 g/mol. The standard InChI is InChI=1S/C32H53N5OS/c1-22-7-5-8-23(2)30(22)28-18-29-34-31(33-28)35-39-27-10-6-9-24(17-27)19-36-15-16-37(21-26(20-36)38-29)25-11-13-32(3,4)14-12-25/h5,7-8,24-29,31,33-35H,6,9-21H2,1-4H3/t24?,26-,27?,28?,29?,31?/m1/s1. The van der Waals surface area contributed by atoms with Gasteiger partial charge in [-0.15, -0.1) is 0 Å². The Morgan fingerprint density at radius 1 is 0.923 bits per heavy atom. The lowest BCUT2D eigenvalue weighted by Crippen LogP contribution is -2.62. The Morgan fingerprint density at radius 3 is 2.51 bits per heavy atom. The van der Waals surface area contributed by atoms with Crippen molar-refractivity contribution in [2.75, 3.05) is 32.7 Å². The van der Waals surface area contributed by atoms with Crippen LogP contribution < -0.4 is 15.4 Å². The first kappa shape index (κ1) is 28.4. The molecule has 3 N–H and O–H groups in total. The van der Waals surface area contributed by atoms with Crippen LogP contribution in [0.4, 0.5) is 0 Å². The monoisotopic (exact) mass is 555 g/mol. The molecule has 6 nitrogen and oxygen atoms in total. The molecular weight excluding hydrogens is 502 g/mol. The molecule has 218 valence electrons. The molecule has 3 aliphatic heterocycles. The molecule has 2 aliphatic carbocycles. The number of aryl methyl sites for hydroxylation is 2. The van der Waals surface area contributed by atoms with Gasteiger partial charge in [-0.25, -0.2) is 4.72 Å². The Labute approximate surface area is 241 Å². The Hall–Kier alpha value is -0.670. The molecule has 6 rings (SSSR count). The fraction of sp³-hybridized carbons (Fsp3) is 0.812. The summed E-state index contributed by atoms with van der Waals surface area (Å²) < 4.78 is 10.9. The highest BCUT2D eigenvalue weighted by atomic mass is 32.2. The third-order valence-electron chi connectivity index (χ3n) is 10.4. The Balaban J connectivity index is 1.24. The molecule has 6 bridgehead atoms. The van der Waals surface area contributed by atoms with Crippen LogP contribution in [0.25, 0.3) is 0 Å². The molecule has 5 aliphatic rings. The van der Waals surface area contributed by atoms with Crippen LogP contribution >= 0.6 is 11.9 Å². The summed E-state index contributed by atoms with van der Waals surface area (Å²) in [5.74, 6) is 0.809. The van der Waals surface area contributed by atoms with Crippen molar-refractivity contribution in [3.63, 3.8) is 0 Å². The average Bonchev–Trinajstić information content (AvgIpc) is 3.09. The van der Waals surface area contributed by atoms with Crippen LogP contribution in [0.15, 0.2) is 18.2 Å². The third-order valence-corrected chi connectivity index (χ3v) is 11.6. The Kier molecular flexibility index (Phi) is 8.96. The zero-order valence-corrected chi connectivity index (χ0v) is 25.7. The van der Waals surface area contributed by atoms with Crippen molar-refractivity contribution in [1.29, 1.82) is 0 Å². The second kappa shape index (κ2) is 12.3. The minimum absolute atomic E-state index is 0.0329. The predicted molar refractivity (Wildman–Crippen MR) is 163 cm³/mol. The third kappa shape index (κ3) is 7.04. The van der Waals surface area contributed by atoms with Gasteiger partial charge in [0.05, 0.1) is 6.10 Å². The molecule has 0 spiro atoms. The molecule has 7 heteroatoms. The van der Waals surface area contributed by atoms with Crippen molar-refractivity contribution >= 4 is 11.9 Å². The van der Waals surface area contributed by atoms with Crippen molar-refractivity contribution < 1.29 is 4.74 Å². The van der Waals surface area contributed by atoms with Crippen LogP contribution in [0.5, 0.6) is 0 Å². The number of nitrogens with one attached hydrogen (secondary N) is 3. The van der Waals surface area contributed by atoms with E-state index < -0.39 is 0 Å². The zero-order chi connectivity index (χ0) is 27.0. The summed E-state index contributed by atoms with van der Waals surface area (Å²) in [5, 5.41) is 8.44. The number of benzene rings is 1. The van der Waals surface area contributed by atoms with E-state index in [0.717, 1.165) is 31.5 Å². The lowest BCUT2D eigenvalue weighted by Gasteiger charge is -2.42. The minimum atomic E-state index is 0.0329. The van der Waals surface area contributed by atoms with Gasteiger partial charge in [-0.3, -0.25) is 20.4 Å². The van der Waals surface area contributed by atoms with E-state index in [4.69, 9.17) is 4.74 Å². The van der Waals surface area contributed by atoms with Gasteiger partial charge in [0.1, 0.15) is 12.5 Å². The van der Waals surface area contributed by atoms with Crippen LogP contribution in [-0.4, -0.2) is 72.4 Å². The number of rotatable bonds is 2. The molecule has 1 aromatic carbocycles. The predicted octanol–water partition coefficient (Wildman–Crippen LogP) is 5.32.